The number of nitrogens with one attached hydrogen (secondary N) is 1. The maximum absolute atomic E-state index is 12.0. The van der Waals surface area contributed by atoms with Crippen LogP contribution in [-0.4, -0.2) is 17.4 Å². The SMILES string of the molecule is Cc1ccc(C)c(OCCCC(=O)Nc2ccc([N+](=O)[O-])cc2Br)c1. The number of amides is 1. The van der Waals surface area contributed by atoms with Crippen molar-refractivity contribution in [3.05, 3.63) is 62.1 Å². The summed E-state index contributed by atoms with van der Waals surface area (Å²) in [6.07, 6.45) is 0.873. The van der Waals surface area contributed by atoms with Gasteiger partial charge >= 0.3 is 0 Å². The number of halogens is 1. The summed E-state index contributed by atoms with van der Waals surface area (Å²) in [6.45, 7) is 4.43. The molecule has 0 bridgehead atoms. The summed E-state index contributed by atoms with van der Waals surface area (Å²) in [6, 6.07) is 10.2. The van der Waals surface area contributed by atoms with Gasteiger partial charge in [-0.05, 0) is 59.5 Å². The van der Waals surface area contributed by atoms with E-state index in [2.05, 4.69) is 21.2 Å². The van der Waals surface area contributed by atoms with Gasteiger partial charge in [0.2, 0.25) is 5.91 Å². The lowest BCUT2D eigenvalue weighted by Gasteiger charge is -2.10. The van der Waals surface area contributed by atoms with Crippen molar-refractivity contribution in [2.75, 3.05) is 11.9 Å². The Labute approximate surface area is 154 Å². The summed E-state index contributed by atoms with van der Waals surface area (Å²) in [7, 11) is 0. The highest BCUT2D eigenvalue weighted by Crippen LogP contribution is 2.27. The molecule has 25 heavy (non-hydrogen) atoms. The Morgan fingerprint density at radius 1 is 1.24 bits per heavy atom. The normalized spacial score (nSPS) is 10.4. The minimum atomic E-state index is -0.485. The van der Waals surface area contributed by atoms with Crippen LogP contribution in [0.2, 0.25) is 0 Å². The number of rotatable bonds is 7. The number of benzene rings is 2. The predicted octanol–water partition coefficient (Wildman–Crippen LogP) is 4.77. The summed E-state index contributed by atoms with van der Waals surface area (Å²) < 4.78 is 6.19. The van der Waals surface area contributed by atoms with E-state index in [1.807, 2.05) is 32.0 Å². The number of carbonyl (C=O) groups excluding carboxylic acids is 1. The molecule has 0 aliphatic rings. The van der Waals surface area contributed by atoms with Gasteiger partial charge in [0.1, 0.15) is 5.75 Å². The molecule has 6 nitrogen and oxygen atoms in total. The molecule has 1 N–H and O–H groups in total. The van der Waals surface area contributed by atoms with Gasteiger partial charge in [0.25, 0.3) is 5.69 Å². The third kappa shape index (κ3) is 5.56. The van der Waals surface area contributed by atoms with E-state index in [4.69, 9.17) is 4.74 Å². The molecular formula is C18H19BrN2O4. The molecule has 0 aliphatic heterocycles. The van der Waals surface area contributed by atoms with E-state index in [1.54, 1.807) is 0 Å². The fourth-order valence-corrected chi connectivity index (χ4v) is 2.68. The van der Waals surface area contributed by atoms with Gasteiger partial charge in [-0.15, -0.1) is 0 Å². The summed E-state index contributed by atoms with van der Waals surface area (Å²) in [5.74, 6) is 0.664. The van der Waals surface area contributed by atoms with Crippen molar-refractivity contribution >= 4 is 33.2 Å². The van der Waals surface area contributed by atoms with Crippen LogP contribution >= 0.6 is 15.9 Å². The zero-order valence-electron chi connectivity index (χ0n) is 14.0. The van der Waals surface area contributed by atoms with E-state index in [1.165, 1.54) is 18.2 Å². The lowest BCUT2D eigenvalue weighted by atomic mass is 10.1. The van der Waals surface area contributed by atoms with Gasteiger partial charge in [0, 0.05) is 23.0 Å². The highest BCUT2D eigenvalue weighted by molar-refractivity contribution is 9.10. The Bertz CT molecular complexity index is 793. The number of aryl methyl sites for hydroxylation is 2. The van der Waals surface area contributed by atoms with E-state index >= 15 is 0 Å². The monoisotopic (exact) mass is 406 g/mol. The molecular weight excluding hydrogens is 388 g/mol. The summed E-state index contributed by atoms with van der Waals surface area (Å²) >= 11 is 3.23. The van der Waals surface area contributed by atoms with Gasteiger partial charge in [-0.1, -0.05) is 12.1 Å². The van der Waals surface area contributed by atoms with Gasteiger partial charge in [-0.2, -0.15) is 0 Å². The average Bonchev–Trinajstić information content (AvgIpc) is 2.56. The predicted molar refractivity (Wildman–Crippen MR) is 100 cm³/mol. The lowest BCUT2D eigenvalue weighted by molar-refractivity contribution is -0.384. The van der Waals surface area contributed by atoms with Crippen molar-refractivity contribution in [2.45, 2.75) is 26.7 Å². The second-order valence-corrected chi connectivity index (χ2v) is 6.54. The molecule has 2 rings (SSSR count). The van der Waals surface area contributed by atoms with Crippen molar-refractivity contribution in [3.63, 3.8) is 0 Å². The smallest absolute Gasteiger partial charge is 0.270 e. The number of nitrogens with zero attached hydrogens (tertiary/aromatic N) is 1. The Morgan fingerprint density at radius 2 is 2.00 bits per heavy atom. The van der Waals surface area contributed by atoms with Crippen LogP contribution in [0.1, 0.15) is 24.0 Å². The van der Waals surface area contributed by atoms with Crippen LogP contribution in [0.25, 0.3) is 0 Å². The first-order chi connectivity index (χ1) is 11.9. The first-order valence-electron chi connectivity index (χ1n) is 7.80. The number of ether oxygens (including phenoxy) is 1. The van der Waals surface area contributed by atoms with E-state index in [9.17, 15) is 14.9 Å². The number of nitro groups is 1. The van der Waals surface area contributed by atoms with E-state index in [0.29, 0.717) is 29.6 Å². The molecule has 0 saturated carbocycles. The van der Waals surface area contributed by atoms with Crippen molar-refractivity contribution in [2.24, 2.45) is 0 Å². The molecule has 0 saturated heterocycles. The molecule has 0 spiro atoms. The maximum Gasteiger partial charge on any atom is 0.270 e. The quantitative estimate of drug-likeness (QED) is 0.407. The maximum atomic E-state index is 12.0. The van der Waals surface area contributed by atoms with Crippen LogP contribution in [0.4, 0.5) is 11.4 Å². The highest BCUT2D eigenvalue weighted by atomic mass is 79.9. The van der Waals surface area contributed by atoms with Crippen LogP contribution in [0.3, 0.4) is 0 Å². The molecule has 1 amide bonds. The third-order valence-corrected chi connectivity index (χ3v) is 4.24. The van der Waals surface area contributed by atoms with E-state index in [-0.39, 0.29) is 11.6 Å². The lowest BCUT2D eigenvalue weighted by Crippen LogP contribution is -2.13. The molecule has 2 aromatic rings. The third-order valence-electron chi connectivity index (χ3n) is 3.59. The van der Waals surface area contributed by atoms with Crippen LogP contribution in [0.15, 0.2) is 40.9 Å². The first-order valence-corrected chi connectivity index (χ1v) is 8.60. The average molecular weight is 407 g/mol. The molecule has 7 heteroatoms. The fraction of sp³-hybridized carbons (Fsp3) is 0.278. The van der Waals surface area contributed by atoms with Crippen LogP contribution in [0.5, 0.6) is 5.75 Å². The highest BCUT2D eigenvalue weighted by Gasteiger charge is 2.11. The second-order valence-electron chi connectivity index (χ2n) is 5.69. The summed E-state index contributed by atoms with van der Waals surface area (Å²) in [5, 5.41) is 13.4. The fourth-order valence-electron chi connectivity index (χ4n) is 2.21. The van der Waals surface area contributed by atoms with Crippen molar-refractivity contribution < 1.29 is 14.5 Å². The summed E-state index contributed by atoms with van der Waals surface area (Å²) in [4.78, 5) is 22.2. The van der Waals surface area contributed by atoms with Crippen molar-refractivity contribution in [1.82, 2.24) is 0 Å². The molecule has 0 heterocycles. The number of hydrogen-bond acceptors (Lipinski definition) is 4. The topological polar surface area (TPSA) is 81.5 Å². The van der Waals surface area contributed by atoms with Crippen LogP contribution in [0, 0.1) is 24.0 Å². The molecule has 0 aromatic heterocycles. The molecule has 0 unspecified atom stereocenters. The zero-order chi connectivity index (χ0) is 18.4. The summed E-state index contributed by atoms with van der Waals surface area (Å²) in [5.41, 5.74) is 2.66. The Kier molecular flexibility index (Phi) is 6.52. The first kappa shape index (κ1) is 18.9. The number of non-ortho nitro benzene ring substituents is 1. The van der Waals surface area contributed by atoms with Gasteiger partial charge < -0.3 is 10.1 Å². The molecule has 132 valence electrons. The minimum Gasteiger partial charge on any atom is -0.493 e. The van der Waals surface area contributed by atoms with Crippen molar-refractivity contribution in [3.8, 4) is 5.75 Å². The van der Waals surface area contributed by atoms with Gasteiger partial charge in [-0.25, -0.2) is 0 Å². The number of nitro benzene ring substituents is 1. The number of carbonyl (C=O) groups is 1. The molecule has 0 aliphatic carbocycles. The largest absolute Gasteiger partial charge is 0.493 e. The van der Waals surface area contributed by atoms with Gasteiger partial charge in [0.05, 0.1) is 17.2 Å². The number of anilines is 1. The molecule has 2 aromatic carbocycles. The van der Waals surface area contributed by atoms with Crippen LogP contribution < -0.4 is 10.1 Å². The molecule has 0 fully saturated rings. The van der Waals surface area contributed by atoms with Gasteiger partial charge in [0.15, 0.2) is 0 Å². The number of hydrogen-bond donors (Lipinski definition) is 1. The van der Waals surface area contributed by atoms with Crippen LogP contribution in [-0.2, 0) is 4.79 Å². The zero-order valence-corrected chi connectivity index (χ0v) is 15.6. The van der Waals surface area contributed by atoms with E-state index < -0.39 is 4.92 Å². The second kappa shape index (κ2) is 8.62. The Morgan fingerprint density at radius 3 is 2.68 bits per heavy atom. The Balaban J connectivity index is 1.81. The van der Waals surface area contributed by atoms with Crippen molar-refractivity contribution in [1.29, 1.82) is 0 Å². The van der Waals surface area contributed by atoms with Gasteiger partial charge in [-0.3, -0.25) is 14.9 Å². The Hall–Kier alpha value is -2.41. The molecule has 0 radical (unpaired) electrons. The minimum absolute atomic E-state index is 0.0354. The van der Waals surface area contributed by atoms with E-state index in [0.717, 1.165) is 16.9 Å². The molecule has 0 atom stereocenters. The standard InChI is InChI=1S/C18H19BrN2O4/c1-12-5-6-13(2)17(10-12)25-9-3-4-18(22)20-16-8-7-14(21(23)24)11-15(16)19/h5-8,10-11H,3-4,9H2,1-2H3,(H,20,22).